The van der Waals surface area contributed by atoms with Crippen LogP contribution >= 0.6 is 23.4 Å². The molecule has 10 heteroatoms. The summed E-state index contributed by atoms with van der Waals surface area (Å²) in [6, 6.07) is 6.76. The molecule has 8 nitrogen and oxygen atoms in total. The van der Waals surface area contributed by atoms with Gasteiger partial charge in [-0.1, -0.05) is 23.4 Å². The molecule has 2 aromatic rings. The lowest BCUT2D eigenvalue weighted by Crippen LogP contribution is -2.42. The van der Waals surface area contributed by atoms with Gasteiger partial charge in [-0.05, 0) is 38.1 Å². The van der Waals surface area contributed by atoms with Crippen LogP contribution in [0.5, 0.6) is 0 Å². The number of urea groups is 1. The summed E-state index contributed by atoms with van der Waals surface area (Å²) in [7, 11) is 1.61. The summed E-state index contributed by atoms with van der Waals surface area (Å²) in [4.78, 5) is 23.7. The molecule has 1 aromatic carbocycles. The minimum atomic E-state index is -0.531. The molecule has 0 spiro atoms. The predicted molar refractivity (Wildman–Crippen MR) is 105 cm³/mol. The lowest BCUT2D eigenvalue weighted by Gasteiger charge is -2.13. The highest BCUT2D eigenvalue weighted by atomic mass is 35.5. The zero-order valence-electron chi connectivity index (χ0n) is 15.4. The monoisotopic (exact) mass is 411 g/mol. The van der Waals surface area contributed by atoms with Gasteiger partial charge in [-0.2, -0.15) is 0 Å². The summed E-state index contributed by atoms with van der Waals surface area (Å²) in [5, 5.41) is 14.0. The van der Waals surface area contributed by atoms with Gasteiger partial charge < -0.3 is 10.1 Å². The Labute approximate surface area is 167 Å². The van der Waals surface area contributed by atoms with Gasteiger partial charge in [0.05, 0.1) is 18.4 Å². The number of aromatic nitrogens is 3. The number of carbonyl (C=O) groups is 2. The Hall–Kier alpha value is -2.10. The lowest BCUT2D eigenvalue weighted by molar-refractivity contribution is -0.119. The fraction of sp³-hybridized carbons (Fsp3) is 0.412. The first-order valence-electron chi connectivity index (χ1n) is 8.39. The van der Waals surface area contributed by atoms with E-state index >= 15 is 0 Å². The minimum absolute atomic E-state index is 0.403. The van der Waals surface area contributed by atoms with Crippen molar-refractivity contribution in [3.63, 3.8) is 0 Å². The molecule has 2 rings (SSSR count). The molecule has 2 N–H and O–H groups in total. The van der Waals surface area contributed by atoms with Gasteiger partial charge in [0.25, 0.3) is 0 Å². The van der Waals surface area contributed by atoms with Gasteiger partial charge in [-0.3, -0.25) is 14.7 Å². The summed E-state index contributed by atoms with van der Waals surface area (Å²) in [5.41, 5.74) is 0.856. The Morgan fingerprint density at radius 1 is 1.30 bits per heavy atom. The number of nitrogens with one attached hydrogen (secondary N) is 2. The number of hydrogen-bond acceptors (Lipinski definition) is 6. The zero-order chi connectivity index (χ0) is 19.8. The molecule has 1 atom stereocenters. The van der Waals surface area contributed by atoms with E-state index in [1.807, 2.05) is 16.7 Å². The van der Waals surface area contributed by atoms with Crippen molar-refractivity contribution in [1.29, 1.82) is 0 Å². The second kappa shape index (κ2) is 10.3. The van der Waals surface area contributed by atoms with E-state index in [0.29, 0.717) is 35.7 Å². The predicted octanol–water partition coefficient (Wildman–Crippen LogP) is 2.57. The summed E-state index contributed by atoms with van der Waals surface area (Å²) in [6.45, 7) is 4.91. The van der Waals surface area contributed by atoms with Crippen LogP contribution in [0.3, 0.4) is 0 Å². The average Bonchev–Trinajstić information content (AvgIpc) is 3.03. The second-order valence-corrected chi connectivity index (χ2v) is 7.31. The van der Waals surface area contributed by atoms with E-state index in [9.17, 15) is 9.59 Å². The van der Waals surface area contributed by atoms with Gasteiger partial charge in [0, 0.05) is 24.2 Å². The highest BCUT2D eigenvalue weighted by molar-refractivity contribution is 8.00. The third kappa shape index (κ3) is 5.95. The molecule has 1 heterocycles. The largest absolute Gasteiger partial charge is 0.383 e. The van der Waals surface area contributed by atoms with E-state index in [-0.39, 0.29) is 0 Å². The summed E-state index contributed by atoms with van der Waals surface area (Å²) >= 11 is 7.17. The Balaban J connectivity index is 2.19. The second-order valence-electron chi connectivity index (χ2n) is 5.57. The molecule has 146 valence electrons. The number of hydrogen-bond donors (Lipinski definition) is 2. The van der Waals surface area contributed by atoms with Gasteiger partial charge in [0.1, 0.15) is 0 Å². The fourth-order valence-electron chi connectivity index (χ4n) is 2.20. The molecule has 0 aliphatic heterocycles. The number of rotatable bonds is 8. The molecule has 27 heavy (non-hydrogen) atoms. The van der Waals surface area contributed by atoms with Crippen LogP contribution in [0.1, 0.15) is 13.8 Å². The number of amides is 3. The molecule has 0 saturated carbocycles. The number of benzene rings is 1. The molecule has 0 radical (unpaired) electrons. The van der Waals surface area contributed by atoms with Crippen LogP contribution in [0.25, 0.3) is 11.4 Å². The van der Waals surface area contributed by atoms with Crippen LogP contribution in [0.2, 0.25) is 5.02 Å². The number of nitrogens with zero attached hydrogens (tertiary/aromatic N) is 3. The molecule has 1 unspecified atom stereocenters. The van der Waals surface area contributed by atoms with E-state index in [4.69, 9.17) is 16.3 Å². The van der Waals surface area contributed by atoms with Crippen molar-refractivity contribution in [1.82, 2.24) is 25.4 Å². The number of ether oxygens (including phenoxy) is 1. The van der Waals surface area contributed by atoms with Gasteiger partial charge in [0.15, 0.2) is 11.0 Å². The van der Waals surface area contributed by atoms with Crippen LogP contribution in [0, 0.1) is 0 Å². The van der Waals surface area contributed by atoms with E-state index in [2.05, 4.69) is 20.8 Å². The van der Waals surface area contributed by atoms with Crippen LogP contribution in [0.4, 0.5) is 4.79 Å². The molecule has 3 amide bonds. The van der Waals surface area contributed by atoms with Crippen molar-refractivity contribution in [3.8, 4) is 11.4 Å². The van der Waals surface area contributed by atoms with Crippen LogP contribution in [-0.2, 0) is 16.1 Å². The third-order valence-electron chi connectivity index (χ3n) is 3.56. The molecule has 0 aliphatic rings. The Morgan fingerprint density at radius 3 is 2.63 bits per heavy atom. The molecule has 0 bridgehead atoms. The standard InChI is InChI=1S/C17H22ClN5O3S/c1-4-19-16(25)20-15(24)11(2)27-17-22-21-14(23(17)9-10-26-3)12-5-7-13(18)8-6-12/h5-8,11H,4,9-10H2,1-3H3,(H2,19,20,24,25). The highest BCUT2D eigenvalue weighted by Crippen LogP contribution is 2.27. The molecular formula is C17H22ClN5O3S. The summed E-state index contributed by atoms with van der Waals surface area (Å²) in [6.07, 6.45) is 0. The molecular weight excluding hydrogens is 390 g/mol. The first-order valence-corrected chi connectivity index (χ1v) is 9.65. The van der Waals surface area contributed by atoms with Gasteiger partial charge in [-0.15, -0.1) is 10.2 Å². The number of carbonyl (C=O) groups excluding carboxylic acids is 2. The average molecular weight is 412 g/mol. The summed E-state index contributed by atoms with van der Waals surface area (Å²) < 4.78 is 7.06. The van der Waals surface area contributed by atoms with Crippen molar-refractivity contribution >= 4 is 35.3 Å². The SMILES string of the molecule is CCNC(=O)NC(=O)C(C)Sc1nnc(-c2ccc(Cl)cc2)n1CCOC. The van der Waals surface area contributed by atoms with E-state index in [0.717, 1.165) is 5.56 Å². The van der Waals surface area contributed by atoms with Crippen molar-refractivity contribution in [2.24, 2.45) is 0 Å². The number of thioether (sulfide) groups is 1. The summed E-state index contributed by atoms with van der Waals surface area (Å²) in [5.74, 6) is 0.253. The Kier molecular flexibility index (Phi) is 8.08. The third-order valence-corrected chi connectivity index (χ3v) is 4.90. The van der Waals surface area contributed by atoms with Gasteiger partial charge in [-0.25, -0.2) is 4.79 Å². The van der Waals surface area contributed by atoms with Crippen LogP contribution < -0.4 is 10.6 Å². The maximum absolute atomic E-state index is 12.2. The van der Waals surface area contributed by atoms with E-state index in [1.165, 1.54) is 11.8 Å². The van der Waals surface area contributed by atoms with Crippen molar-refractivity contribution in [2.75, 3.05) is 20.3 Å². The lowest BCUT2D eigenvalue weighted by atomic mass is 10.2. The first kappa shape index (κ1) is 21.2. The maximum Gasteiger partial charge on any atom is 0.321 e. The normalized spacial score (nSPS) is 11.9. The quantitative estimate of drug-likeness (QED) is 0.648. The van der Waals surface area contributed by atoms with Crippen molar-refractivity contribution in [3.05, 3.63) is 29.3 Å². The highest BCUT2D eigenvalue weighted by Gasteiger charge is 2.22. The fourth-order valence-corrected chi connectivity index (χ4v) is 3.20. The van der Waals surface area contributed by atoms with Gasteiger partial charge in [0.2, 0.25) is 5.91 Å². The Bertz CT molecular complexity index is 781. The van der Waals surface area contributed by atoms with Crippen LogP contribution in [0.15, 0.2) is 29.4 Å². The van der Waals surface area contributed by atoms with E-state index < -0.39 is 17.2 Å². The van der Waals surface area contributed by atoms with Crippen molar-refractivity contribution < 1.29 is 14.3 Å². The molecule has 0 saturated heterocycles. The molecule has 0 fully saturated rings. The maximum atomic E-state index is 12.2. The Morgan fingerprint density at radius 2 is 2.00 bits per heavy atom. The van der Waals surface area contributed by atoms with E-state index in [1.54, 1.807) is 33.1 Å². The van der Waals surface area contributed by atoms with Crippen LogP contribution in [-0.4, -0.2) is 52.2 Å². The smallest absolute Gasteiger partial charge is 0.321 e. The number of halogens is 1. The first-order chi connectivity index (χ1) is 13.0. The minimum Gasteiger partial charge on any atom is -0.383 e. The van der Waals surface area contributed by atoms with Crippen molar-refractivity contribution in [2.45, 2.75) is 30.8 Å². The molecule has 0 aliphatic carbocycles. The zero-order valence-corrected chi connectivity index (χ0v) is 16.9. The molecule has 1 aromatic heterocycles. The topological polar surface area (TPSA) is 98.1 Å². The van der Waals surface area contributed by atoms with Gasteiger partial charge >= 0.3 is 6.03 Å². The number of imide groups is 1. The number of methoxy groups -OCH3 is 1.